The van der Waals surface area contributed by atoms with Gasteiger partial charge in [0.1, 0.15) is 0 Å². The normalized spacial score (nSPS) is 17.0. The van der Waals surface area contributed by atoms with Crippen LogP contribution in [0.25, 0.3) is 0 Å². The Morgan fingerprint density at radius 3 is 2.41 bits per heavy atom. The van der Waals surface area contributed by atoms with E-state index in [1.165, 1.54) is 11.0 Å². The van der Waals surface area contributed by atoms with Gasteiger partial charge in [-0.15, -0.1) is 0 Å². The van der Waals surface area contributed by atoms with Gasteiger partial charge < -0.3 is 20.6 Å². The van der Waals surface area contributed by atoms with E-state index >= 15 is 0 Å². The third kappa shape index (κ3) is 3.84. The first-order chi connectivity index (χ1) is 10.3. The van der Waals surface area contributed by atoms with Crippen molar-refractivity contribution in [3.05, 3.63) is 29.8 Å². The third-order valence-corrected chi connectivity index (χ3v) is 3.73. The number of urea groups is 1. The number of likely N-dealkylation sites (tertiary alicyclic amines) is 1. The molecule has 0 aliphatic carbocycles. The van der Waals surface area contributed by atoms with Crippen LogP contribution in [0, 0.1) is 11.6 Å². The zero-order valence-electron chi connectivity index (χ0n) is 12.0. The van der Waals surface area contributed by atoms with Crippen LogP contribution in [0.1, 0.15) is 19.8 Å². The van der Waals surface area contributed by atoms with Gasteiger partial charge in [-0.25, -0.2) is 18.4 Å². The van der Waals surface area contributed by atoms with Gasteiger partial charge >= 0.3 is 12.1 Å². The first-order valence-corrected chi connectivity index (χ1v) is 6.81. The standard InChI is InChI=1S/C14H17F2N3O3/c1-14(18-13(21)22)4-6-19(7-5-14)12(20)17-9-2-3-10(15)11(16)8-9/h2-3,8,18H,4-7H2,1H3,(H,17,20)(H,21,22). The molecule has 120 valence electrons. The van der Waals surface area contributed by atoms with Gasteiger partial charge in [-0.3, -0.25) is 0 Å². The number of benzene rings is 1. The minimum atomic E-state index is -1.10. The van der Waals surface area contributed by atoms with Gasteiger partial charge in [0.2, 0.25) is 0 Å². The number of piperidine rings is 1. The van der Waals surface area contributed by atoms with Crippen LogP contribution < -0.4 is 10.6 Å². The quantitative estimate of drug-likeness (QED) is 0.785. The number of amides is 3. The Morgan fingerprint density at radius 2 is 1.86 bits per heavy atom. The van der Waals surface area contributed by atoms with Crippen molar-refractivity contribution >= 4 is 17.8 Å². The van der Waals surface area contributed by atoms with E-state index in [-0.39, 0.29) is 5.69 Å². The average Bonchev–Trinajstić information content (AvgIpc) is 2.42. The van der Waals surface area contributed by atoms with Crippen LogP contribution in [0.15, 0.2) is 18.2 Å². The minimum absolute atomic E-state index is 0.167. The molecule has 1 aliphatic heterocycles. The van der Waals surface area contributed by atoms with Crippen molar-refractivity contribution in [1.82, 2.24) is 10.2 Å². The zero-order valence-corrected chi connectivity index (χ0v) is 12.0. The largest absolute Gasteiger partial charge is 0.465 e. The summed E-state index contributed by atoms with van der Waals surface area (Å²) in [6.45, 7) is 2.52. The Kier molecular flexibility index (Phi) is 4.48. The molecule has 0 spiro atoms. The number of carbonyl (C=O) groups is 2. The van der Waals surface area contributed by atoms with Gasteiger partial charge in [-0.1, -0.05) is 0 Å². The van der Waals surface area contributed by atoms with Gasteiger partial charge in [-0.05, 0) is 31.9 Å². The van der Waals surface area contributed by atoms with Gasteiger partial charge in [0.15, 0.2) is 11.6 Å². The highest BCUT2D eigenvalue weighted by Crippen LogP contribution is 2.22. The molecule has 0 saturated carbocycles. The smallest absolute Gasteiger partial charge is 0.405 e. The van der Waals surface area contributed by atoms with E-state index in [9.17, 15) is 18.4 Å². The Balaban J connectivity index is 1.92. The molecule has 0 radical (unpaired) electrons. The zero-order chi connectivity index (χ0) is 16.3. The lowest BCUT2D eigenvalue weighted by molar-refractivity contribution is 0.143. The molecule has 22 heavy (non-hydrogen) atoms. The highest BCUT2D eigenvalue weighted by Gasteiger charge is 2.33. The van der Waals surface area contributed by atoms with Crippen molar-refractivity contribution in [1.29, 1.82) is 0 Å². The van der Waals surface area contributed by atoms with E-state index in [0.29, 0.717) is 25.9 Å². The maximum atomic E-state index is 13.1. The number of carbonyl (C=O) groups excluding carboxylic acids is 1. The lowest BCUT2D eigenvalue weighted by Crippen LogP contribution is -2.54. The number of hydrogen-bond acceptors (Lipinski definition) is 2. The fourth-order valence-electron chi connectivity index (χ4n) is 2.36. The molecule has 0 aromatic heterocycles. The van der Waals surface area contributed by atoms with Crippen molar-refractivity contribution in [2.24, 2.45) is 0 Å². The van der Waals surface area contributed by atoms with Crippen molar-refractivity contribution in [2.75, 3.05) is 18.4 Å². The molecule has 6 nitrogen and oxygen atoms in total. The summed E-state index contributed by atoms with van der Waals surface area (Å²) in [6, 6.07) is 2.70. The molecule has 1 fully saturated rings. The molecule has 1 aromatic carbocycles. The van der Waals surface area contributed by atoms with Crippen LogP contribution >= 0.6 is 0 Å². The predicted molar refractivity (Wildman–Crippen MR) is 75.7 cm³/mol. The van der Waals surface area contributed by atoms with E-state index < -0.39 is 29.3 Å². The molecule has 1 aliphatic rings. The van der Waals surface area contributed by atoms with E-state index in [0.717, 1.165) is 12.1 Å². The molecular formula is C14H17F2N3O3. The molecule has 2 rings (SSSR count). The predicted octanol–water partition coefficient (Wildman–Crippen LogP) is 2.62. The lowest BCUT2D eigenvalue weighted by atomic mass is 9.90. The first kappa shape index (κ1) is 16.0. The topological polar surface area (TPSA) is 81.7 Å². The third-order valence-electron chi connectivity index (χ3n) is 3.73. The fraction of sp³-hybridized carbons (Fsp3) is 0.429. The summed E-state index contributed by atoms with van der Waals surface area (Å²) < 4.78 is 25.9. The molecule has 8 heteroatoms. The highest BCUT2D eigenvalue weighted by atomic mass is 19.2. The highest BCUT2D eigenvalue weighted by molar-refractivity contribution is 5.89. The molecule has 0 bridgehead atoms. The second-order valence-electron chi connectivity index (χ2n) is 5.54. The Bertz CT molecular complexity index is 587. The SMILES string of the molecule is CC1(NC(=O)O)CCN(C(=O)Nc2ccc(F)c(F)c2)CC1. The van der Waals surface area contributed by atoms with E-state index in [2.05, 4.69) is 10.6 Å². The molecule has 3 amide bonds. The molecule has 1 heterocycles. The monoisotopic (exact) mass is 313 g/mol. The molecule has 3 N–H and O–H groups in total. The van der Waals surface area contributed by atoms with Crippen molar-refractivity contribution < 1.29 is 23.5 Å². The summed E-state index contributed by atoms with van der Waals surface area (Å²) >= 11 is 0. The Hall–Kier alpha value is -2.38. The molecule has 0 unspecified atom stereocenters. The second kappa shape index (κ2) is 6.17. The molecule has 1 saturated heterocycles. The number of rotatable bonds is 2. The van der Waals surface area contributed by atoms with E-state index in [1.807, 2.05) is 0 Å². The number of hydrogen-bond donors (Lipinski definition) is 3. The fourth-order valence-corrected chi connectivity index (χ4v) is 2.36. The summed E-state index contributed by atoms with van der Waals surface area (Å²) in [6.07, 6.45) is -0.142. The summed E-state index contributed by atoms with van der Waals surface area (Å²) in [4.78, 5) is 24.3. The second-order valence-corrected chi connectivity index (χ2v) is 5.54. The number of anilines is 1. The maximum Gasteiger partial charge on any atom is 0.405 e. The number of carboxylic acid groups (broad SMARTS) is 1. The molecule has 0 atom stereocenters. The minimum Gasteiger partial charge on any atom is -0.465 e. The van der Waals surface area contributed by atoms with Crippen LogP contribution in [0.4, 0.5) is 24.1 Å². The maximum absolute atomic E-state index is 13.1. The van der Waals surface area contributed by atoms with Crippen LogP contribution in [0.2, 0.25) is 0 Å². The first-order valence-electron chi connectivity index (χ1n) is 6.81. The van der Waals surface area contributed by atoms with Gasteiger partial charge in [0.25, 0.3) is 0 Å². The number of nitrogens with one attached hydrogen (secondary N) is 2. The molecular weight excluding hydrogens is 296 g/mol. The van der Waals surface area contributed by atoms with Crippen LogP contribution in [-0.4, -0.2) is 40.8 Å². The summed E-state index contributed by atoms with van der Waals surface area (Å²) in [5, 5.41) is 13.7. The lowest BCUT2D eigenvalue weighted by Gasteiger charge is -2.39. The van der Waals surface area contributed by atoms with Crippen LogP contribution in [0.3, 0.4) is 0 Å². The van der Waals surface area contributed by atoms with E-state index in [4.69, 9.17) is 5.11 Å². The summed E-state index contributed by atoms with van der Waals surface area (Å²) in [5.74, 6) is -2.01. The van der Waals surface area contributed by atoms with Crippen LogP contribution in [-0.2, 0) is 0 Å². The van der Waals surface area contributed by atoms with E-state index in [1.54, 1.807) is 6.92 Å². The molecule has 1 aromatic rings. The summed E-state index contributed by atoms with van der Waals surface area (Å²) in [5.41, 5.74) is -0.397. The number of halogens is 2. The Morgan fingerprint density at radius 1 is 1.23 bits per heavy atom. The summed E-state index contributed by atoms with van der Waals surface area (Å²) in [7, 11) is 0. The van der Waals surface area contributed by atoms with Crippen molar-refractivity contribution in [3.63, 3.8) is 0 Å². The van der Waals surface area contributed by atoms with Crippen LogP contribution in [0.5, 0.6) is 0 Å². The Labute approximate surface area is 126 Å². The van der Waals surface area contributed by atoms with Gasteiger partial charge in [-0.2, -0.15) is 0 Å². The van der Waals surface area contributed by atoms with Gasteiger partial charge in [0, 0.05) is 30.4 Å². The van der Waals surface area contributed by atoms with Crippen molar-refractivity contribution in [3.8, 4) is 0 Å². The van der Waals surface area contributed by atoms with Crippen molar-refractivity contribution in [2.45, 2.75) is 25.3 Å². The van der Waals surface area contributed by atoms with Gasteiger partial charge in [0.05, 0.1) is 0 Å². The average molecular weight is 313 g/mol. The number of nitrogens with zero attached hydrogens (tertiary/aromatic N) is 1.